The lowest BCUT2D eigenvalue weighted by Gasteiger charge is -2.40. The molecular weight excluding hydrogens is 537 g/mol. The largest absolute Gasteiger partial charge is 0.481 e. The predicted octanol–water partition coefficient (Wildman–Crippen LogP) is 2.72. The molecule has 2 saturated carbocycles. The van der Waals surface area contributed by atoms with E-state index in [1.165, 1.54) is 6.07 Å². The molecule has 0 unspecified atom stereocenters. The third kappa shape index (κ3) is 5.08. The van der Waals surface area contributed by atoms with Gasteiger partial charge < -0.3 is 14.9 Å². The number of rotatable bonds is 6. The molecule has 2 saturated heterocycles. The predicted molar refractivity (Wildman–Crippen MR) is 125 cm³/mol. The van der Waals surface area contributed by atoms with Crippen LogP contribution in [-0.2, 0) is 25.6 Å². The second-order valence-electron chi connectivity index (χ2n) is 10.7. The quantitative estimate of drug-likeness (QED) is 0.530. The molecule has 1 aromatic rings. The Morgan fingerprint density at radius 2 is 1.58 bits per heavy atom. The van der Waals surface area contributed by atoms with Crippen LogP contribution in [0.2, 0.25) is 0 Å². The molecular formula is C24H28F5N3O5S. The van der Waals surface area contributed by atoms with Crippen LogP contribution in [0.15, 0.2) is 23.1 Å². The topological polar surface area (TPSA) is 98.2 Å². The highest BCUT2D eigenvalue weighted by Crippen LogP contribution is 2.44. The molecule has 5 rings (SSSR count). The fraction of sp³-hybridized carbons (Fsp3) is 0.667. The van der Waals surface area contributed by atoms with Gasteiger partial charge in [0.15, 0.2) is 9.84 Å². The van der Waals surface area contributed by atoms with Gasteiger partial charge in [-0.05, 0) is 43.9 Å². The molecule has 1 aromatic carbocycles. The number of aliphatic carboxylic acids is 1. The van der Waals surface area contributed by atoms with Gasteiger partial charge in [-0.2, -0.15) is 13.2 Å². The van der Waals surface area contributed by atoms with Crippen molar-refractivity contribution in [3.05, 3.63) is 23.8 Å². The van der Waals surface area contributed by atoms with Crippen LogP contribution in [-0.4, -0.2) is 91.7 Å². The Morgan fingerprint density at radius 3 is 2.11 bits per heavy atom. The number of alkyl halides is 5. The maximum Gasteiger partial charge on any atom is 0.417 e. The zero-order chi connectivity index (χ0) is 27.6. The fourth-order valence-electron chi connectivity index (χ4n) is 5.84. The SMILES string of the molecule is O=C(O)[C@@H]1C[C@H](S(=O)(=O)c2ccc(N3CCN(C4CC4)CC3)cc2C(F)(F)F)C[C@H]1C(=O)N1CC(F)(F)C1. The van der Waals surface area contributed by atoms with E-state index in [2.05, 4.69) is 4.90 Å². The standard InChI is InChI=1S/C24H28F5N3O5S/c25-23(26)12-32(13-23)21(33)17-10-16(11-18(17)22(34)35)38(36,37)20-4-3-15(9-19(20)24(27,28)29)31-7-5-30(6-8-31)14-1-2-14/h3-4,9,14,16-18H,1-2,5-8,10-13H2,(H,34,35)/t16-,17-,18-/m1/s1. The van der Waals surface area contributed by atoms with Crippen molar-refractivity contribution < 1.29 is 45.1 Å². The van der Waals surface area contributed by atoms with Gasteiger partial charge in [0.1, 0.15) is 0 Å². The number of hydrogen-bond donors (Lipinski definition) is 1. The summed E-state index contributed by atoms with van der Waals surface area (Å²) in [7, 11) is -4.71. The summed E-state index contributed by atoms with van der Waals surface area (Å²) in [6, 6.07) is 3.57. The van der Waals surface area contributed by atoms with E-state index < -0.39 is 87.3 Å². The minimum atomic E-state index is -5.00. The molecule has 2 aliphatic heterocycles. The summed E-state index contributed by atoms with van der Waals surface area (Å²) in [6.45, 7) is 0.595. The summed E-state index contributed by atoms with van der Waals surface area (Å²) < 4.78 is 95.7. The van der Waals surface area contributed by atoms with Gasteiger partial charge in [-0.25, -0.2) is 17.2 Å². The number of piperazine rings is 1. The van der Waals surface area contributed by atoms with Crippen molar-refractivity contribution in [3.8, 4) is 0 Å². The number of nitrogens with zero attached hydrogens (tertiary/aromatic N) is 3. The number of sulfone groups is 1. The second-order valence-corrected chi connectivity index (χ2v) is 12.9. The molecule has 2 aliphatic carbocycles. The summed E-state index contributed by atoms with van der Waals surface area (Å²) in [5, 5.41) is 8.00. The summed E-state index contributed by atoms with van der Waals surface area (Å²) in [6.07, 6.45) is -3.91. The van der Waals surface area contributed by atoms with Crippen molar-refractivity contribution in [2.24, 2.45) is 11.8 Å². The van der Waals surface area contributed by atoms with Crippen LogP contribution in [0.25, 0.3) is 0 Å². The van der Waals surface area contributed by atoms with Crippen LogP contribution < -0.4 is 4.90 Å². The smallest absolute Gasteiger partial charge is 0.417 e. The molecule has 14 heteroatoms. The molecule has 2 heterocycles. The number of hydrogen-bond acceptors (Lipinski definition) is 6. The van der Waals surface area contributed by atoms with Gasteiger partial charge in [-0.1, -0.05) is 0 Å². The van der Waals surface area contributed by atoms with Crippen LogP contribution in [0.4, 0.5) is 27.6 Å². The summed E-state index contributed by atoms with van der Waals surface area (Å²) >= 11 is 0. The Bertz CT molecular complexity index is 1220. The third-order valence-electron chi connectivity index (χ3n) is 8.07. The third-order valence-corrected chi connectivity index (χ3v) is 10.3. The van der Waals surface area contributed by atoms with Crippen LogP contribution in [0.3, 0.4) is 0 Å². The van der Waals surface area contributed by atoms with Gasteiger partial charge in [0, 0.05) is 37.9 Å². The Balaban J connectivity index is 1.39. The molecule has 8 nitrogen and oxygen atoms in total. The van der Waals surface area contributed by atoms with Crippen molar-refractivity contribution in [3.63, 3.8) is 0 Å². The molecule has 4 aliphatic rings. The Kier molecular flexibility index (Phi) is 6.64. The first kappa shape index (κ1) is 27.1. The molecule has 0 aromatic heterocycles. The zero-order valence-electron chi connectivity index (χ0n) is 20.3. The Labute approximate surface area is 216 Å². The molecule has 38 heavy (non-hydrogen) atoms. The number of anilines is 1. The molecule has 210 valence electrons. The van der Waals surface area contributed by atoms with E-state index in [-0.39, 0.29) is 5.69 Å². The van der Waals surface area contributed by atoms with Crippen molar-refractivity contribution >= 4 is 27.4 Å². The molecule has 4 fully saturated rings. The van der Waals surface area contributed by atoms with E-state index in [4.69, 9.17) is 0 Å². The van der Waals surface area contributed by atoms with Crippen LogP contribution in [0, 0.1) is 11.8 Å². The summed E-state index contributed by atoms with van der Waals surface area (Å²) in [5.74, 6) is -8.44. The lowest BCUT2D eigenvalue weighted by atomic mass is 9.93. The molecule has 1 amide bonds. The van der Waals surface area contributed by atoms with Crippen molar-refractivity contribution in [2.75, 3.05) is 44.2 Å². The first-order valence-electron chi connectivity index (χ1n) is 12.5. The van der Waals surface area contributed by atoms with Gasteiger partial charge in [0.2, 0.25) is 5.91 Å². The lowest BCUT2D eigenvalue weighted by molar-refractivity contribution is -0.172. The van der Waals surface area contributed by atoms with Gasteiger partial charge in [-0.15, -0.1) is 0 Å². The maximum atomic E-state index is 14.1. The first-order valence-corrected chi connectivity index (χ1v) is 14.1. The van der Waals surface area contributed by atoms with Crippen molar-refractivity contribution in [1.82, 2.24) is 9.80 Å². The second kappa shape index (κ2) is 9.32. The molecule has 1 N–H and O–H groups in total. The fourth-order valence-corrected chi connectivity index (χ4v) is 7.86. The number of carboxylic acids is 1. The molecule has 3 atom stereocenters. The van der Waals surface area contributed by atoms with E-state index in [9.17, 15) is 45.1 Å². The van der Waals surface area contributed by atoms with Crippen LogP contribution in [0.5, 0.6) is 0 Å². The van der Waals surface area contributed by atoms with E-state index in [1.807, 2.05) is 0 Å². The van der Waals surface area contributed by atoms with E-state index >= 15 is 0 Å². The number of carboxylic acid groups (broad SMARTS) is 1. The Morgan fingerprint density at radius 1 is 0.974 bits per heavy atom. The molecule has 0 spiro atoms. The van der Waals surface area contributed by atoms with Gasteiger partial charge in [0.05, 0.1) is 40.6 Å². The van der Waals surface area contributed by atoms with E-state index in [0.29, 0.717) is 32.2 Å². The monoisotopic (exact) mass is 565 g/mol. The molecule has 0 radical (unpaired) electrons. The highest BCUT2D eigenvalue weighted by atomic mass is 32.2. The van der Waals surface area contributed by atoms with Crippen molar-refractivity contribution in [1.29, 1.82) is 0 Å². The number of likely N-dealkylation sites (tertiary alicyclic amines) is 1. The minimum Gasteiger partial charge on any atom is -0.481 e. The highest BCUT2D eigenvalue weighted by Gasteiger charge is 2.54. The number of carbonyl (C=O) groups excluding carboxylic acids is 1. The molecule has 0 bridgehead atoms. The average Bonchev–Trinajstić information content (AvgIpc) is 3.58. The number of carbonyl (C=O) groups is 2. The Hall–Kier alpha value is -2.48. The van der Waals surface area contributed by atoms with E-state index in [0.717, 1.165) is 29.9 Å². The number of benzene rings is 1. The van der Waals surface area contributed by atoms with Crippen LogP contribution in [0.1, 0.15) is 31.2 Å². The highest BCUT2D eigenvalue weighted by molar-refractivity contribution is 7.92. The maximum absolute atomic E-state index is 14.1. The first-order chi connectivity index (χ1) is 17.7. The average molecular weight is 566 g/mol. The number of amides is 1. The van der Waals surface area contributed by atoms with Gasteiger partial charge in [0.25, 0.3) is 5.92 Å². The zero-order valence-corrected chi connectivity index (χ0v) is 21.1. The van der Waals surface area contributed by atoms with Gasteiger partial charge in [-0.3, -0.25) is 14.5 Å². The lowest BCUT2D eigenvalue weighted by Crippen LogP contribution is -2.60. The number of halogens is 5. The summed E-state index contributed by atoms with van der Waals surface area (Å²) in [4.78, 5) is 28.3. The minimum absolute atomic E-state index is 0.244. The van der Waals surface area contributed by atoms with Gasteiger partial charge >= 0.3 is 12.1 Å². The normalized spacial score (nSPS) is 28.3. The van der Waals surface area contributed by atoms with E-state index in [1.54, 1.807) is 4.90 Å². The van der Waals surface area contributed by atoms with Crippen molar-refractivity contribution in [2.45, 2.75) is 54.0 Å². The van der Waals surface area contributed by atoms with Crippen LogP contribution >= 0.6 is 0 Å². The summed E-state index contributed by atoms with van der Waals surface area (Å²) in [5.41, 5.74) is -1.10.